The van der Waals surface area contributed by atoms with E-state index in [4.69, 9.17) is 0 Å². The van der Waals surface area contributed by atoms with Crippen molar-refractivity contribution < 1.29 is 4.79 Å². The van der Waals surface area contributed by atoms with Gasteiger partial charge in [0.2, 0.25) is 5.91 Å². The van der Waals surface area contributed by atoms with Crippen LogP contribution in [0.2, 0.25) is 0 Å². The van der Waals surface area contributed by atoms with Gasteiger partial charge in [-0.2, -0.15) is 5.10 Å². The molecule has 1 N–H and O–H groups in total. The Morgan fingerprint density at radius 2 is 2.11 bits per heavy atom. The standard InChI is InChI=1S/C14H16BrN3O/c1-9-5-4-6-12(14(9)15)16-13(19)8-18-11(3)7-10(2)17-18/h4-7H,8H2,1-3H3,(H,16,19). The molecule has 0 spiro atoms. The first-order valence-corrected chi connectivity index (χ1v) is 6.82. The third-order valence-electron chi connectivity index (χ3n) is 2.86. The molecular weight excluding hydrogens is 306 g/mol. The number of benzene rings is 1. The molecule has 1 aromatic heterocycles. The van der Waals surface area contributed by atoms with E-state index in [-0.39, 0.29) is 12.5 Å². The van der Waals surface area contributed by atoms with Gasteiger partial charge in [-0.15, -0.1) is 0 Å². The van der Waals surface area contributed by atoms with Gasteiger partial charge in [0.25, 0.3) is 0 Å². The average molecular weight is 322 g/mol. The zero-order chi connectivity index (χ0) is 14.0. The minimum atomic E-state index is -0.0856. The van der Waals surface area contributed by atoms with Gasteiger partial charge in [0, 0.05) is 10.2 Å². The van der Waals surface area contributed by atoms with Crippen LogP contribution in [0, 0.1) is 20.8 Å². The minimum Gasteiger partial charge on any atom is -0.323 e. The van der Waals surface area contributed by atoms with Gasteiger partial charge in [0.1, 0.15) is 6.54 Å². The minimum absolute atomic E-state index is 0.0856. The molecule has 0 radical (unpaired) electrons. The van der Waals surface area contributed by atoms with Crippen molar-refractivity contribution in [2.45, 2.75) is 27.3 Å². The molecule has 1 aromatic carbocycles. The number of anilines is 1. The molecule has 5 heteroatoms. The Kier molecular flexibility index (Phi) is 4.04. The monoisotopic (exact) mass is 321 g/mol. The highest BCUT2D eigenvalue weighted by Gasteiger charge is 2.09. The van der Waals surface area contributed by atoms with E-state index in [9.17, 15) is 4.79 Å². The van der Waals surface area contributed by atoms with Crippen LogP contribution in [0.25, 0.3) is 0 Å². The Morgan fingerprint density at radius 1 is 1.37 bits per heavy atom. The summed E-state index contributed by atoms with van der Waals surface area (Å²) in [6.07, 6.45) is 0. The first-order chi connectivity index (χ1) is 8.97. The number of halogens is 1. The molecular formula is C14H16BrN3O. The number of nitrogens with one attached hydrogen (secondary N) is 1. The molecule has 100 valence electrons. The van der Waals surface area contributed by atoms with Gasteiger partial charge < -0.3 is 5.32 Å². The fourth-order valence-electron chi connectivity index (χ4n) is 1.90. The maximum absolute atomic E-state index is 12.0. The first kappa shape index (κ1) is 13.8. The second kappa shape index (κ2) is 5.57. The predicted octanol–water partition coefficient (Wildman–Crippen LogP) is 3.21. The van der Waals surface area contributed by atoms with Gasteiger partial charge >= 0.3 is 0 Å². The molecule has 1 heterocycles. The van der Waals surface area contributed by atoms with Gasteiger partial charge in [-0.25, -0.2) is 0 Å². The van der Waals surface area contributed by atoms with Crippen LogP contribution in [0.5, 0.6) is 0 Å². The second-order valence-corrected chi connectivity index (χ2v) is 5.36. The van der Waals surface area contributed by atoms with Crippen LogP contribution < -0.4 is 5.32 Å². The van der Waals surface area contributed by atoms with E-state index in [0.717, 1.165) is 27.1 Å². The summed E-state index contributed by atoms with van der Waals surface area (Å²) < 4.78 is 2.62. The van der Waals surface area contributed by atoms with Gasteiger partial charge in [0.05, 0.1) is 11.4 Å². The van der Waals surface area contributed by atoms with Gasteiger partial charge in [0.15, 0.2) is 0 Å². The fraction of sp³-hybridized carbons (Fsp3) is 0.286. The highest BCUT2D eigenvalue weighted by molar-refractivity contribution is 9.10. The lowest BCUT2D eigenvalue weighted by molar-refractivity contribution is -0.116. The summed E-state index contributed by atoms with van der Waals surface area (Å²) in [5, 5.41) is 7.17. The third-order valence-corrected chi connectivity index (χ3v) is 3.92. The summed E-state index contributed by atoms with van der Waals surface area (Å²) in [7, 11) is 0. The van der Waals surface area contributed by atoms with Crippen molar-refractivity contribution >= 4 is 27.5 Å². The lowest BCUT2D eigenvalue weighted by Gasteiger charge is -2.10. The lowest BCUT2D eigenvalue weighted by Crippen LogP contribution is -2.20. The Bertz CT molecular complexity index is 619. The van der Waals surface area contributed by atoms with Crippen molar-refractivity contribution in [3.05, 3.63) is 45.7 Å². The maximum atomic E-state index is 12.0. The van der Waals surface area contributed by atoms with E-state index in [1.165, 1.54) is 0 Å². The van der Waals surface area contributed by atoms with Gasteiger partial charge in [-0.3, -0.25) is 9.48 Å². The summed E-state index contributed by atoms with van der Waals surface area (Å²) >= 11 is 3.48. The molecule has 0 aliphatic carbocycles. The number of hydrogen-bond donors (Lipinski definition) is 1. The van der Waals surface area contributed by atoms with Crippen LogP contribution in [0.4, 0.5) is 5.69 Å². The van der Waals surface area contributed by atoms with E-state index in [2.05, 4.69) is 26.3 Å². The summed E-state index contributed by atoms with van der Waals surface area (Å²) in [5.41, 5.74) is 3.77. The second-order valence-electron chi connectivity index (χ2n) is 4.57. The van der Waals surface area contributed by atoms with E-state index >= 15 is 0 Å². The molecule has 0 bridgehead atoms. The zero-order valence-corrected chi connectivity index (χ0v) is 12.8. The number of aromatic nitrogens is 2. The van der Waals surface area contributed by atoms with E-state index in [1.807, 2.05) is 45.0 Å². The van der Waals surface area contributed by atoms with Crippen molar-refractivity contribution in [1.29, 1.82) is 0 Å². The number of rotatable bonds is 3. The highest BCUT2D eigenvalue weighted by atomic mass is 79.9. The molecule has 0 saturated heterocycles. The Hall–Kier alpha value is -1.62. The molecule has 4 nitrogen and oxygen atoms in total. The van der Waals surface area contributed by atoms with Crippen molar-refractivity contribution in [1.82, 2.24) is 9.78 Å². The molecule has 19 heavy (non-hydrogen) atoms. The van der Waals surface area contributed by atoms with E-state index in [1.54, 1.807) is 4.68 Å². The molecule has 0 fully saturated rings. The predicted molar refractivity (Wildman–Crippen MR) is 79.2 cm³/mol. The molecule has 2 rings (SSSR count). The zero-order valence-electron chi connectivity index (χ0n) is 11.2. The Labute approximate surface area is 120 Å². The maximum Gasteiger partial charge on any atom is 0.246 e. The molecule has 1 amide bonds. The smallest absolute Gasteiger partial charge is 0.246 e. The van der Waals surface area contributed by atoms with Crippen molar-refractivity contribution in [2.75, 3.05) is 5.32 Å². The fourth-order valence-corrected chi connectivity index (χ4v) is 2.27. The first-order valence-electron chi connectivity index (χ1n) is 6.03. The van der Waals surface area contributed by atoms with Gasteiger partial charge in [-0.1, -0.05) is 12.1 Å². The molecule has 0 unspecified atom stereocenters. The van der Waals surface area contributed by atoms with Crippen LogP contribution in [0.15, 0.2) is 28.7 Å². The molecule has 0 aliphatic rings. The number of amides is 1. The summed E-state index contributed by atoms with van der Waals surface area (Å²) in [6.45, 7) is 6.06. The summed E-state index contributed by atoms with van der Waals surface area (Å²) in [6, 6.07) is 7.73. The van der Waals surface area contributed by atoms with E-state index in [0.29, 0.717) is 0 Å². The van der Waals surface area contributed by atoms with Crippen LogP contribution in [0.1, 0.15) is 17.0 Å². The van der Waals surface area contributed by atoms with Crippen molar-refractivity contribution in [3.63, 3.8) is 0 Å². The molecule has 0 saturated carbocycles. The SMILES string of the molecule is Cc1cc(C)n(CC(=O)Nc2cccc(C)c2Br)n1. The number of hydrogen-bond acceptors (Lipinski definition) is 2. The topological polar surface area (TPSA) is 46.9 Å². The van der Waals surface area contributed by atoms with Crippen molar-refractivity contribution in [2.24, 2.45) is 0 Å². The Balaban J connectivity index is 2.10. The largest absolute Gasteiger partial charge is 0.323 e. The van der Waals surface area contributed by atoms with Crippen LogP contribution >= 0.6 is 15.9 Å². The lowest BCUT2D eigenvalue weighted by atomic mass is 10.2. The molecule has 0 aliphatic heterocycles. The summed E-state index contributed by atoms with van der Waals surface area (Å²) in [4.78, 5) is 12.0. The number of aryl methyl sites for hydroxylation is 3. The average Bonchev–Trinajstić information content (AvgIpc) is 2.64. The van der Waals surface area contributed by atoms with Gasteiger partial charge in [-0.05, 0) is 54.4 Å². The number of carbonyl (C=O) groups is 1. The Morgan fingerprint density at radius 3 is 2.74 bits per heavy atom. The highest BCUT2D eigenvalue weighted by Crippen LogP contribution is 2.25. The summed E-state index contributed by atoms with van der Waals surface area (Å²) in [5.74, 6) is -0.0856. The van der Waals surface area contributed by atoms with Crippen molar-refractivity contribution in [3.8, 4) is 0 Å². The van der Waals surface area contributed by atoms with Crippen LogP contribution in [0.3, 0.4) is 0 Å². The third kappa shape index (κ3) is 3.23. The number of carbonyl (C=O) groups excluding carboxylic acids is 1. The molecule has 0 atom stereocenters. The van der Waals surface area contributed by atoms with E-state index < -0.39 is 0 Å². The quantitative estimate of drug-likeness (QED) is 0.943. The van der Waals surface area contributed by atoms with Crippen LogP contribution in [-0.2, 0) is 11.3 Å². The normalized spacial score (nSPS) is 10.5. The van der Waals surface area contributed by atoms with Crippen LogP contribution in [-0.4, -0.2) is 15.7 Å². The molecule has 2 aromatic rings. The number of nitrogens with zero attached hydrogens (tertiary/aromatic N) is 2.